The summed E-state index contributed by atoms with van der Waals surface area (Å²) in [7, 11) is 0. The van der Waals surface area contributed by atoms with Gasteiger partial charge >= 0.3 is 0 Å². The van der Waals surface area contributed by atoms with Crippen molar-refractivity contribution in [1.82, 2.24) is 9.97 Å². The van der Waals surface area contributed by atoms with E-state index in [1.54, 1.807) is 0 Å². The number of hydrogen-bond acceptors (Lipinski definition) is 5. The lowest BCUT2D eigenvalue weighted by Crippen LogP contribution is -2.07. The van der Waals surface area contributed by atoms with Gasteiger partial charge in [0, 0.05) is 18.5 Å². The van der Waals surface area contributed by atoms with Gasteiger partial charge in [0.05, 0.1) is 10.6 Å². The maximum Gasteiger partial charge on any atom is 0.133 e. The molecule has 0 saturated carbocycles. The summed E-state index contributed by atoms with van der Waals surface area (Å²) < 4.78 is 0. The Labute approximate surface area is 117 Å². The predicted octanol–water partition coefficient (Wildman–Crippen LogP) is 3.38. The van der Waals surface area contributed by atoms with Gasteiger partial charge in [0.15, 0.2) is 0 Å². The molecular weight excluding hydrogens is 256 g/mol. The molecule has 0 aromatic carbocycles. The summed E-state index contributed by atoms with van der Waals surface area (Å²) in [6, 6.07) is 5.95. The van der Waals surface area contributed by atoms with E-state index in [1.165, 1.54) is 11.3 Å². The van der Waals surface area contributed by atoms with Crippen molar-refractivity contribution >= 4 is 17.2 Å². The standard InChI is InChI=1S/C14H16N4S/c1-4-12-17-13(9(3)14(18-12)16-5-2)11-7-6-10(8-15)19-11/h6-7H,4-5H2,1-3H3,(H,16,17,18). The van der Waals surface area contributed by atoms with E-state index in [0.29, 0.717) is 4.88 Å². The molecule has 19 heavy (non-hydrogen) atoms. The summed E-state index contributed by atoms with van der Waals surface area (Å²) in [6.45, 7) is 6.93. The van der Waals surface area contributed by atoms with Crippen LogP contribution in [0.15, 0.2) is 12.1 Å². The molecule has 2 heterocycles. The second kappa shape index (κ2) is 5.81. The van der Waals surface area contributed by atoms with E-state index in [-0.39, 0.29) is 0 Å². The Morgan fingerprint density at radius 2 is 2.11 bits per heavy atom. The molecule has 0 atom stereocenters. The fraction of sp³-hybridized carbons (Fsp3) is 0.357. The third-order valence-electron chi connectivity index (χ3n) is 2.80. The third-order valence-corrected chi connectivity index (χ3v) is 3.80. The molecule has 5 heteroatoms. The molecule has 0 aliphatic carbocycles. The first-order valence-corrected chi connectivity index (χ1v) is 7.12. The van der Waals surface area contributed by atoms with Crippen molar-refractivity contribution < 1.29 is 0 Å². The topological polar surface area (TPSA) is 61.6 Å². The van der Waals surface area contributed by atoms with Crippen LogP contribution in [0.5, 0.6) is 0 Å². The van der Waals surface area contributed by atoms with E-state index in [2.05, 4.69) is 21.4 Å². The zero-order valence-corrected chi connectivity index (χ0v) is 12.1. The number of nitriles is 1. The molecule has 2 aromatic rings. The van der Waals surface area contributed by atoms with E-state index >= 15 is 0 Å². The van der Waals surface area contributed by atoms with Crippen molar-refractivity contribution in [2.45, 2.75) is 27.2 Å². The Bertz CT molecular complexity index is 625. The summed E-state index contributed by atoms with van der Waals surface area (Å²) >= 11 is 1.47. The molecule has 0 aliphatic rings. The largest absolute Gasteiger partial charge is 0.370 e. The highest BCUT2D eigenvalue weighted by Crippen LogP contribution is 2.31. The number of nitrogens with one attached hydrogen (secondary N) is 1. The number of aromatic nitrogens is 2. The maximum absolute atomic E-state index is 8.92. The van der Waals surface area contributed by atoms with Crippen LogP contribution in [0, 0.1) is 18.3 Å². The molecule has 0 amide bonds. The van der Waals surface area contributed by atoms with Gasteiger partial charge in [-0.1, -0.05) is 6.92 Å². The molecule has 0 fully saturated rings. The molecule has 0 radical (unpaired) electrons. The molecule has 2 rings (SSSR count). The van der Waals surface area contributed by atoms with Crippen molar-refractivity contribution in [2.75, 3.05) is 11.9 Å². The number of rotatable bonds is 4. The lowest BCUT2D eigenvalue weighted by Gasteiger charge is -2.11. The molecule has 1 N–H and O–H groups in total. The van der Waals surface area contributed by atoms with Crippen molar-refractivity contribution in [3.8, 4) is 16.6 Å². The smallest absolute Gasteiger partial charge is 0.133 e. The summed E-state index contributed by atoms with van der Waals surface area (Å²) in [5.74, 6) is 1.71. The van der Waals surface area contributed by atoms with Gasteiger partial charge in [0.25, 0.3) is 0 Å². The normalized spacial score (nSPS) is 10.2. The Morgan fingerprint density at radius 3 is 2.68 bits per heavy atom. The van der Waals surface area contributed by atoms with Crippen LogP contribution in [0.2, 0.25) is 0 Å². The van der Waals surface area contributed by atoms with Crippen molar-refractivity contribution in [3.05, 3.63) is 28.4 Å². The van der Waals surface area contributed by atoms with E-state index in [0.717, 1.165) is 40.7 Å². The van der Waals surface area contributed by atoms with Crippen LogP contribution in [0.3, 0.4) is 0 Å². The van der Waals surface area contributed by atoms with Gasteiger partial charge in [0.1, 0.15) is 22.6 Å². The van der Waals surface area contributed by atoms with Gasteiger partial charge in [-0.05, 0) is 26.0 Å². The first-order valence-electron chi connectivity index (χ1n) is 6.31. The first kappa shape index (κ1) is 13.5. The van der Waals surface area contributed by atoms with E-state index in [9.17, 15) is 0 Å². The minimum atomic E-state index is 0.705. The van der Waals surface area contributed by atoms with Gasteiger partial charge < -0.3 is 5.32 Å². The van der Waals surface area contributed by atoms with Crippen molar-refractivity contribution in [2.24, 2.45) is 0 Å². The second-order valence-corrected chi connectivity index (χ2v) is 5.21. The summed E-state index contributed by atoms with van der Waals surface area (Å²) in [5, 5.41) is 12.2. The van der Waals surface area contributed by atoms with E-state index < -0.39 is 0 Å². The highest BCUT2D eigenvalue weighted by Gasteiger charge is 2.13. The molecule has 0 spiro atoms. The van der Waals surface area contributed by atoms with Crippen LogP contribution in [-0.2, 0) is 6.42 Å². The SMILES string of the molecule is CCNc1nc(CC)nc(-c2ccc(C#N)s2)c1C. The quantitative estimate of drug-likeness (QED) is 0.926. The van der Waals surface area contributed by atoms with E-state index in [4.69, 9.17) is 5.26 Å². The lowest BCUT2D eigenvalue weighted by molar-refractivity contribution is 0.931. The molecule has 0 bridgehead atoms. The van der Waals surface area contributed by atoms with Crippen LogP contribution in [0.1, 0.15) is 30.1 Å². The maximum atomic E-state index is 8.92. The van der Waals surface area contributed by atoms with Crippen LogP contribution in [0.4, 0.5) is 5.82 Å². The Hall–Kier alpha value is -1.93. The Balaban J connectivity index is 2.55. The third kappa shape index (κ3) is 2.74. The average Bonchev–Trinajstić information content (AvgIpc) is 2.90. The van der Waals surface area contributed by atoms with Gasteiger partial charge in [0.2, 0.25) is 0 Å². The Morgan fingerprint density at radius 1 is 1.32 bits per heavy atom. The average molecular weight is 272 g/mol. The number of hydrogen-bond donors (Lipinski definition) is 1. The minimum Gasteiger partial charge on any atom is -0.370 e. The monoisotopic (exact) mass is 272 g/mol. The summed E-state index contributed by atoms with van der Waals surface area (Å²) in [4.78, 5) is 10.8. The van der Waals surface area contributed by atoms with Crippen molar-refractivity contribution in [3.63, 3.8) is 0 Å². The minimum absolute atomic E-state index is 0.705. The van der Waals surface area contributed by atoms with Crippen LogP contribution in [0.25, 0.3) is 10.6 Å². The molecule has 98 valence electrons. The zero-order chi connectivity index (χ0) is 13.8. The predicted molar refractivity (Wildman–Crippen MR) is 78.3 cm³/mol. The molecule has 0 saturated heterocycles. The number of anilines is 1. The molecule has 0 aliphatic heterocycles. The second-order valence-electron chi connectivity index (χ2n) is 4.12. The molecular formula is C14H16N4S. The Kier molecular flexibility index (Phi) is 4.13. The van der Waals surface area contributed by atoms with Gasteiger partial charge in [-0.2, -0.15) is 5.26 Å². The molecule has 2 aromatic heterocycles. The highest BCUT2D eigenvalue weighted by atomic mass is 32.1. The van der Waals surface area contributed by atoms with Gasteiger partial charge in [-0.3, -0.25) is 0 Å². The van der Waals surface area contributed by atoms with Crippen LogP contribution in [-0.4, -0.2) is 16.5 Å². The highest BCUT2D eigenvalue weighted by molar-refractivity contribution is 7.16. The van der Waals surface area contributed by atoms with Crippen LogP contribution >= 0.6 is 11.3 Å². The van der Waals surface area contributed by atoms with Gasteiger partial charge in [-0.15, -0.1) is 11.3 Å². The van der Waals surface area contributed by atoms with E-state index in [1.807, 2.05) is 32.9 Å². The van der Waals surface area contributed by atoms with Crippen molar-refractivity contribution in [1.29, 1.82) is 5.26 Å². The number of aryl methyl sites for hydroxylation is 1. The summed E-state index contributed by atoms with van der Waals surface area (Å²) in [6.07, 6.45) is 0.794. The summed E-state index contributed by atoms with van der Waals surface area (Å²) in [5.41, 5.74) is 1.96. The van der Waals surface area contributed by atoms with Gasteiger partial charge in [-0.25, -0.2) is 9.97 Å². The zero-order valence-electron chi connectivity index (χ0n) is 11.3. The number of thiophene rings is 1. The molecule has 4 nitrogen and oxygen atoms in total. The fourth-order valence-corrected chi connectivity index (χ4v) is 2.68. The van der Waals surface area contributed by atoms with Crippen LogP contribution < -0.4 is 5.32 Å². The lowest BCUT2D eigenvalue weighted by atomic mass is 10.2. The number of nitrogens with zero attached hydrogens (tertiary/aromatic N) is 3. The molecule has 0 unspecified atom stereocenters. The fourth-order valence-electron chi connectivity index (χ4n) is 1.83. The first-order chi connectivity index (χ1) is 9.19.